The van der Waals surface area contributed by atoms with Gasteiger partial charge >= 0.3 is 18.2 Å². The summed E-state index contributed by atoms with van der Waals surface area (Å²) in [6, 6.07) is 3.52. The zero-order valence-corrected chi connectivity index (χ0v) is 23.1. The zero-order chi connectivity index (χ0) is 28.8. The van der Waals surface area contributed by atoms with Gasteiger partial charge in [-0.2, -0.15) is 18.3 Å². The van der Waals surface area contributed by atoms with E-state index in [0.717, 1.165) is 38.8 Å². The third-order valence-corrected chi connectivity index (χ3v) is 7.35. The minimum atomic E-state index is -5.04. The van der Waals surface area contributed by atoms with Crippen LogP contribution < -0.4 is 5.32 Å². The Bertz CT molecular complexity index is 1200. The summed E-state index contributed by atoms with van der Waals surface area (Å²) in [5.41, 5.74) is -1.40. The number of aromatic nitrogens is 2. The van der Waals surface area contributed by atoms with Crippen LogP contribution >= 0.6 is 0 Å². The van der Waals surface area contributed by atoms with E-state index in [-0.39, 0.29) is 23.4 Å². The fraction of sp³-hybridized carbons (Fsp3) is 0.667. The predicted molar refractivity (Wildman–Crippen MR) is 140 cm³/mol. The summed E-state index contributed by atoms with van der Waals surface area (Å²) < 4.78 is 46.0. The molecule has 4 rings (SSSR count). The molecule has 2 amide bonds. The fourth-order valence-corrected chi connectivity index (χ4v) is 5.36. The number of hydrogen-bond donors (Lipinski definition) is 2. The molecule has 0 spiro atoms. The molecular formula is C27H38F3N5O4. The molecule has 0 atom stereocenters. The average Bonchev–Trinajstić information content (AvgIpc) is 3.24. The van der Waals surface area contributed by atoms with Crippen molar-refractivity contribution in [1.82, 2.24) is 19.6 Å². The van der Waals surface area contributed by atoms with E-state index < -0.39 is 23.3 Å². The molecule has 9 nitrogen and oxygen atoms in total. The largest absolute Gasteiger partial charge is 0.471 e. The highest BCUT2D eigenvalue weighted by molar-refractivity contribution is 5.98. The Kier molecular flexibility index (Phi) is 7.92. The summed E-state index contributed by atoms with van der Waals surface area (Å²) in [5, 5.41) is 17.7. The van der Waals surface area contributed by atoms with Crippen molar-refractivity contribution in [3.05, 3.63) is 23.9 Å². The molecule has 2 N–H and O–H groups in total. The highest BCUT2D eigenvalue weighted by Crippen LogP contribution is 2.36. The Morgan fingerprint density at radius 1 is 0.974 bits per heavy atom. The van der Waals surface area contributed by atoms with Crippen LogP contribution in [0.15, 0.2) is 18.3 Å². The summed E-state index contributed by atoms with van der Waals surface area (Å²) in [5.74, 6) is -2.09. The molecule has 1 saturated heterocycles. The lowest BCUT2D eigenvalue weighted by Gasteiger charge is -2.42. The van der Waals surface area contributed by atoms with Crippen molar-refractivity contribution in [2.75, 3.05) is 31.5 Å². The van der Waals surface area contributed by atoms with Crippen molar-refractivity contribution in [3.8, 4) is 0 Å². The predicted octanol–water partition coefficient (Wildman–Crippen LogP) is 4.80. The first-order valence-corrected chi connectivity index (χ1v) is 13.4. The summed E-state index contributed by atoms with van der Waals surface area (Å²) in [6.07, 6.45) is 0.186. The number of fused-ring (bicyclic) bond motifs is 1. The Morgan fingerprint density at radius 2 is 1.56 bits per heavy atom. The first kappa shape index (κ1) is 29.1. The number of aliphatic hydroxyl groups is 1. The van der Waals surface area contributed by atoms with E-state index in [9.17, 15) is 27.9 Å². The maximum Gasteiger partial charge on any atom is 0.471 e. The van der Waals surface area contributed by atoms with Crippen molar-refractivity contribution in [2.45, 2.75) is 89.8 Å². The van der Waals surface area contributed by atoms with E-state index in [1.54, 1.807) is 11.1 Å². The monoisotopic (exact) mass is 553 g/mol. The molecular weight excluding hydrogens is 515 g/mol. The highest BCUT2D eigenvalue weighted by Gasteiger charge is 2.40. The van der Waals surface area contributed by atoms with Crippen LogP contribution in [0.3, 0.4) is 0 Å². The molecule has 2 fully saturated rings. The minimum Gasteiger partial charge on any atom is -0.444 e. The average molecular weight is 554 g/mol. The van der Waals surface area contributed by atoms with E-state index in [2.05, 4.69) is 10.00 Å². The van der Waals surface area contributed by atoms with E-state index in [1.165, 1.54) is 26.0 Å². The molecule has 39 heavy (non-hydrogen) atoms. The van der Waals surface area contributed by atoms with Crippen LogP contribution in [0.4, 0.5) is 23.7 Å². The quantitative estimate of drug-likeness (QED) is 0.564. The second-order valence-electron chi connectivity index (χ2n) is 12.0. The Balaban J connectivity index is 1.40. The Morgan fingerprint density at radius 3 is 2.10 bits per heavy atom. The smallest absolute Gasteiger partial charge is 0.444 e. The number of rotatable bonds is 4. The van der Waals surface area contributed by atoms with Gasteiger partial charge in [-0.1, -0.05) is 0 Å². The summed E-state index contributed by atoms with van der Waals surface area (Å²) in [4.78, 5) is 28.1. The molecule has 2 aliphatic rings. The van der Waals surface area contributed by atoms with Crippen LogP contribution in [0.25, 0.3) is 10.9 Å². The minimum absolute atomic E-state index is 0.0916. The van der Waals surface area contributed by atoms with Gasteiger partial charge in [-0.25, -0.2) is 4.79 Å². The highest BCUT2D eigenvalue weighted by atomic mass is 19.4. The Labute approximate surface area is 226 Å². The van der Waals surface area contributed by atoms with Crippen molar-refractivity contribution in [1.29, 1.82) is 0 Å². The maximum absolute atomic E-state index is 12.9. The summed E-state index contributed by atoms with van der Waals surface area (Å²) >= 11 is 0. The van der Waals surface area contributed by atoms with Gasteiger partial charge in [0, 0.05) is 55.1 Å². The topological polar surface area (TPSA) is 99.9 Å². The first-order chi connectivity index (χ1) is 18.0. The van der Waals surface area contributed by atoms with Crippen molar-refractivity contribution in [3.63, 3.8) is 0 Å². The normalized spacial score (nSPS) is 21.7. The van der Waals surface area contributed by atoms with Crippen molar-refractivity contribution in [2.24, 2.45) is 0 Å². The standard InChI is InChI=1S/C27H38F3N5O4/c1-25(2,3)39-24(37)34-12-10-33(11-13-34)18-6-8-19(9-7-18)35-16-17-14-22(31-23(36)27(28,29)30)20(26(4,5)38)15-21(17)32-35/h14-16,18-19,38H,6-13H2,1-5H3,(H,31,36)/t18-,19-. The number of nitrogens with zero attached hydrogens (tertiary/aromatic N) is 4. The molecule has 216 valence electrons. The molecule has 1 aromatic heterocycles. The number of hydrogen-bond acceptors (Lipinski definition) is 6. The van der Waals surface area contributed by atoms with Crippen LogP contribution in [0.5, 0.6) is 0 Å². The lowest BCUT2D eigenvalue weighted by atomic mass is 9.90. The third kappa shape index (κ3) is 7.02. The Hall–Kier alpha value is -2.86. The number of piperazine rings is 1. The third-order valence-electron chi connectivity index (χ3n) is 7.35. The van der Waals surface area contributed by atoms with Crippen LogP contribution in [-0.2, 0) is 15.1 Å². The number of carbonyl (C=O) groups is 2. The summed E-state index contributed by atoms with van der Waals surface area (Å²) in [6.45, 7) is 11.3. The summed E-state index contributed by atoms with van der Waals surface area (Å²) in [7, 11) is 0. The first-order valence-electron chi connectivity index (χ1n) is 13.4. The lowest BCUT2D eigenvalue weighted by molar-refractivity contribution is -0.167. The molecule has 0 radical (unpaired) electrons. The van der Waals surface area contributed by atoms with E-state index in [0.29, 0.717) is 30.0 Å². The van der Waals surface area contributed by atoms with Gasteiger partial charge in [-0.15, -0.1) is 0 Å². The molecule has 1 saturated carbocycles. The SMILES string of the molecule is CC(C)(C)OC(=O)N1CCN([C@H]2CC[C@H](n3cc4cc(NC(=O)C(F)(F)F)c(C(C)(C)O)cc4n3)CC2)CC1. The van der Waals surface area contributed by atoms with Gasteiger partial charge in [0.25, 0.3) is 0 Å². The van der Waals surface area contributed by atoms with Crippen molar-refractivity contribution >= 4 is 28.6 Å². The molecule has 1 aliphatic heterocycles. The van der Waals surface area contributed by atoms with Crippen LogP contribution in [0, 0.1) is 0 Å². The number of alkyl halides is 3. The second kappa shape index (κ2) is 10.6. The number of carbonyl (C=O) groups excluding carboxylic acids is 2. The molecule has 0 bridgehead atoms. The van der Waals surface area contributed by atoms with Gasteiger partial charge in [0.2, 0.25) is 0 Å². The van der Waals surface area contributed by atoms with Gasteiger partial charge < -0.3 is 20.1 Å². The van der Waals surface area contributed by atoms with Gasteiger partial charge in [0.15, 0.2) is 0 Å². The number of ether oxygens (including phenoxy) is 1. The number of amides is 2. The van der Waals surface area contributed by atoms with Crippen LogP contribution in [0.2, 0.25) is 0 Å². The second-order valence-corrected chi connectivity index (χ2v) is 12.0. The number of nitrogens with one attached hydrogen (secondary N) is 1. The number of halogens is 3. The lowest BCUT2D eigenvalue weighted by Crippen LogP contribution is -2.53. The zero-order valence-electron chi connectivity index (χ0n) is 23.1. The number of anilines is 1. The van der Waals surface area contributed by atoms with Crippen LogP contribution in [-0.4, -0.2) is 80.7 Å². The fourth-order valence-electron chi connectivity index (χ4n) is 5.36. The van der Waals surface area contributed by atoms with E-state index in [4.69, 9.17) is 4.74 Å². The van der Waals surface area contributed by atoms with Crippen LogP contribution in [0.1, 0.15) is 71.9 Å². The van der Waals surface area contributed by atoms with Gasteiger partial charge in [0.05, 0.1) is 17.2 Å². The molecule has 2 heterocycles. The van der Waals surface area contributed by atoms with E-state index >= 15 is 0 Å². The van der Waals surface area contributed by atoms with E-state index in [1.807, 2.05) is 30.8 Å². The molecule has 0 unspecified atom stereocenters. The van der Waals surface area contributed by atoms with Crippen molar-refractivity contribution < 1.29 is 32.6 Å². The maximum atomic E-state index is 12.9. The van der Waals surface area contributed by atoms with Gasteiger partial charge in [0.1, 0.15) is 5.60 Å². The van der Waals surface area contributed by atoms with Gasteiger partial charge in [-0.05, 0) is 72.4 Å². The number of benzene rings is 1. The van der Waals surface area contributed by atoms with Gasteiger partial charge in [-0.3, -0.25) is 14.4 Å². The molecule has 1 aromatic carbocycles. The molecule has 2 aromatic rings. The molecule has 12 heteroatoms. The molecule has 1 aliphatic carbocycles.